The van der Waals surface area contributed by atoms with Crippen LogP contribution in [0.1, 0.15) is 233 Å². The minimum Gasteiger partial charge on any atom is -0.462 e. The van der Waals surface area contributed by atoms with E-state index in [0.717, 1.165) is 70.6 Å². The van der Waals surface area contributed by atoms with Gasteiger partial charge in [0.2, 0.25) is 5.91 Å². The standard InChI is InChI=1S/C52H93NO5/c1-4-7-10-13-16-19-21-23-25-27-29-31-33-36-39-42-45-52(57)58-48(43-40-37-34-18-15-12-9-6-3)46-51(56)53-49(47-54)50(55)44-41-38-35-32-30-28-26-24-22-20-17-14-11-8-5-2/h7,10,16,19,23,25,29,31,36,39,48-50,54-55H,4-6,8-9,11-15,17-18,20-22,24,26-28,30,32-35,37-38,40-47H2,1-3H3,(H,53,56)/b10-7+,19-16+,25-23+,31-29+,39-36+. The molecule has 6 nitrogen and oxygen atoms in total. The van der Waals surface area contributed by atoms with Crippen LogP contribution in [0.15, 0.2) is 60.8 Å². The van der Waals surface area contributed by atoms with E-state index < -0.39 is 18.2 Å². The number of ether oxygens (including phenoxy) is 1. The monoisotopic (exact) mass is 812 g/mol. The zero-order chi connectivity index (χ0) is 42.4. The minimum atomic E-state index is -0.798. The van der Waals surface area contributed by atoms with Crippen LogP contribution in [0.2, 0.25) is 0 Å². The van der Waals surface area contributed by atoms with Gasteiger partial charge in [-0.1, -0.05) is 223 Å². The Hall–Kier alpha value is -2.44. The van der Waals surface area contributed by atoms with E-state index in [0.29, 0.717) is 19.3 Å². The SMILES string of the molecule is CC/C=C/C/C=C/C/C=C/C/C=C/C/C=C/CCC(=O)OC(CCCCCCCCCC)CC(=O)NC(CO)C(O)CCCCCCCCCCCCCCCCC. The number of esters is 1. The molecule has 3 unspecified atom stereocenters. The van der Waals surface area contributed by atoms with Crippen molar-refractivity contribution < 1.29 is 24.5 Å². The van der Waals surface area contributed by atoms with Crippen molar-refractivity contribution in [1.29, 1.82) is 0 Å². The third-order valence-corrected chi connectivity index (χ3v) is 10.9. The molecule has 0 aliphatic carbocycles. The highest BCUT2D eigenvalue weighted by Gasteiger charge is 2.24. The van der Waals surface area contributed by atoms with Crippen LogP contribution in [-0.4, -0.2) is 46.9 Å². The minimum absolute atomic E-state index is 0.0477. The largest absolute Gasteiger partial charge is 0.462 e. The molecule has 0 heterocycles. The summed E-state index contributed by atoms with van der Waals surface area (Å²) in [5, 5.41) is 23.7. The molecule has 0 bridgehead atoms. The molecule has 0 fully saturated rings. The number of unbranched alkanes of at least 4 members (excludes halogenated alkanes) is 21. The van der Waals surface area contributed by atoms with E-state index in [-0.39, 0.29) is 31.3 Å². The quantitative estimate of drug-likeness (QED) is 0.0324. The van der Waals surface area contributed by atoms with Gasteiger partial charge in [0.25, 0.3) is 0 Å². The van der Waals surface area contributed by atoms with E-state index in [4.69, 9.17) is 4.74 Å². The first kappa shape index (κ1) is 55.6. The van der Waals surface area contributed by atoms with Gasteiger partial charge in [0.1, 0.15) is 6.10 Å². The Balaban J connectivity index is 4.53. The molecule has 1 amide bonds. The van der Waals surface area contributed by atoms with E-state index in [1.165, 1.54) is 109 Å². The van der Waals surface area contributed by atoms with Crippen molar-refractivity contribution in [3.05, 3.63) is 60.8 Å². The number of allylic oxidation sites excluding steroid dienone is 10. The van der Waals surface area contributed by atoms with Gasteiger partial charge in [0.15, 0.2) is 0 Å². The van der Waals surface area contributed by atoms with Crippen LogP contribution >= 0.6 is 0 Å². The van der Waals surface area contributed by atoms with Gasteiger partial charge < -0.3 is 20.3 Å². The van der Waals surface area contributed by atoms with Gasteiger partial charge in [0.05, 0.1) is 25.2 Å². The summed E-state index contributed by atoms with van der Waals surface area (Å²) >= 11 is 0. The second-order valence-electron chi connectivity index (χ2n) is 16.5. The molecule has 0 spiro atoms. The summed E-state index contributed by atoms with van der Waals surface area (Å²) < 4.78 is 5.85. The van der Waals surface area contributed by atoms with Crippen molar-refractivity contribution in [2.24, 2.45) is 0 Å². The summed E-state index contributed by atoms with van der Waals surface area (Å²) in [4.78, 5) is 26.0. The Labute approximate surface area is 358 Å². The number of hydrogen-bond acceptors (Lipinski definition) is 5. The molecule has 6 heteroatoms. The van der Waals surface area contributed by atoms with Gasteiger partial charge in [-0.2, -0.15) is 0 Å². The molecular weight excluding hydrogens is 719 g/mol. The summed E-state index contributed by atoms with van der Waals surface area (Å²) in [6, 6.07) is -0.714. The van der Waals surface area contributed by atoms with Crippen LogP contribution in [0.25, 0.3) is 0 Å². The first-order valence-corrected chi connectivity index (χ1v) is 24.5. The fraction of sp³-hybridized carbons (Fsp3) is 0.769. The summed E-state index contributed by atoms with van der Waals surface area (Å²) in [7, 11) is 0. The maximum absolute atomic E-state index is 13.1. The van der Waals surface area contributed by atoms with Crippen molar-refractivity contribution in [3.63, 3.8) is 0 Å². The molecule has 3 N–H and O–H groups in total. The Morgan fingerprint density at radius 3 is 1.31 bits per heavy atom. The Bertz CT molecular complexity index is 1050. The molecule has 3 atom stereocenters. The molecule has 0 aromatic rings. The second kappa shape index (κ2) is 45.6. The number of amides is 1. The van der Waals surface area contributed by atoms with Gasteiger partial charge >= 0.3 is 5.97 Å². The molecule has 336 valence electrons. The third-order valence-electron chi connectivity index (χ3n) is 10.9. The summed E-state index contributed by atoms with van der Waals surface area (Å²) in [6.07, 6.45) is 55.8. The van der Waals surface area contributed by atoms with Gasteiger partial charge in [-0.15, -0.1) is 0 Å². The average Bonchev–Trinajstić information content (AvgIpc) is 3.22. The topological polar surface area (TPSA) is 95.9 Å². The Kier molecular flexibility index (Phi) is 43.7. The van der Waals surface area contributed by atoms with Crippen LogP contribution in [-0.2, 0) is 14.3 Å². The van der Waals surface area contributed by atoms with Crippen molar-refractivity contribution in [2.75, 3.05) is 6.61 Å². The zero-order valence-electron chi connectivity index (χ0n) is 38.2. The molecule has 0 saturated carbocycles. The van der Waals surface area contributed by atoms with Gasteiger partial charge in [0, 0.05) is 6.42 Å². The number of nitrogens with one attached hydrogen (secondary N) is 1. The molecule has 58 heavy (non-hydrogen) atoms. The maximum atomic E-state index is 13.1. The van der Waals surface area contributed by atoms with E-state index in [9.17, 15) is 19.8 Å². The highest BCUT2D eigenvalue weighted by Crippen LogP contribution is 2.17. The molecule has 0 radical (unpaired) electrons. The normalized spacial score (nSPS) is 13.8. The first-order valence-electron chi connectivity index (χ1n) is 24.5. The molecule has 0 aromatic carbocycles. The Morgan fingerprint density at radius 1 is 0.517 bits per heavy atom. The van der Waals surface area contributed by atoms with Gasteiger partial charge in [-0.25, -0.2) is 0 Å². The van der Waals surface area contributed by atoms with Crippen molar-refractivity contribution in [2.45, 2.75) is 251 Å². The molecular formula is C52H93NO5. The molecule has 0 aliphatic rings. The predicted molar refractivity (Wildman–Crippen MR) is 250 cm³/mol. The number of carbonyl (C=O) groups excluding carboxylic acids is 2. The second-order valence-corrected chi connectivity index (χ2v) is 16.5. The highest BCUT2D eigenvalue weighted by atomic mass is 16.5. The lowest BCUT2D eigenvalue weighted by molar-refractivity contribution is -0.150. The first-order chi connectivity index (χ1) is 28.5. The third kappa shape index (κ3) is 40.3. The molecule has 0 aromatic heterocycles. The van der Waals surface area contributed by atoms with Crippen LogP contribution in [0.3, 0.4) is 0 Å². The number of carbonyl (C=O) groups is 2. The smallest absolute Gasteiger partial charge is 0.306 e. The highest BCUT2D eigenvalue weighted by molar-refractivity contribution is 5.77. The summed E-state index contributed by atoms with van der Waals surface area (Å²) in [5.41, 5.74) is 0. The number of hydrogen-bond donors (Lipinski definition) is 3. The molecule has 0 saturated heterocycles. The lowest BCUT2D eigenvalue weighted by Crippen LogP contribution is -2.46. The number of aliphatic hydroxyl groups is 2. The zero-order valence-corrected chi connectivity index (χ0v) is 38.2. The molecule has 0 rings (SSSR count). The Morgan fingerprint density at radius 2 is 0.897 bits per heavy atom. The van der Waals surface area contributed by atoms with Gasteiger partial charge in [-0.3, -0.25) is 9.59 Å². The van der Waals surface area contributed by atoms with Gasteiger partial charge in [-0.05, 0) is 57.8 Å². The average molecular weight is 812 g/mol. The van der Waals surface area contributed by atoms with Crippen LogP contribution in [0.4, 0.5) is 0 Å². The summed E-state index contributed by atoms with van der Waals surface area (Å²) in [6.45, 7) is 6.33. The fourth-order valence-corrected chi connectivity index (χ4v) is 7.19. The van der Waals surface area contributed by atoms with Crippen molar-refractivity contribution >= 4 is 11.9 Å². The van der Waals surface area contributed by atoms with E-state index in [1.54, 1.807) is 0 Å². The lowest BCUT2D eigenvalue weighted by Gasteiger charge is -2.24. The lowest BCUT2D eigenvalue weighted by atomic mass is 10.0. The summed E-state index contributed by atoms with van der Waals surface area (Å²) in [5.74, 6) is -0.574. The van der Waals surface area contributed by atoms with Crippen LogP contribution in [0, 0.1) is 0 Å². The van der Waals surface area contributed by atoms with E-state index in [2.05, 4.69) is 80.8 Å². The fourth-order valence-electron chi connectivity index (χ4n) is 7.19. The van der Waals surface area contributed by atoms with Crippen molar-refractivity contribution in [1.82, 2.24) is 5.32 Å². The van der Waals surface area contributed by atoms with Crippen molar-refractivity contribution in [3.8, 4) is 0 Å². The predicted octanol–water partition coefficient (Wildman–Crippen LogP) is 14.5. The maximum Gasteiger partial charge on any atom is 0.306 e. The number of aliphatic hydroxyl groups excluding tert-OH is 2. The van der Waals surface area contributed by atoms with E-state index >= 15 is 0 Å². The van der Waals surface area contributed by atoms with E-state index in [1.807, 2.05) is 6.08 Å². The molecule has 0 aliphatic heterocycles. The van der Waals surface area contributed by atoms with Crippen LogP contribution in [0.5, 0.6) is 0 Å². The van der Waals surface area contributed by atoms with Crippen LogP contribution < -0.4 is 5.32 Å². The number of rotatable bonds is 43.